The summed E-state index contributed by atoms with van der Waals surface area (Å²) >= 11 is 1.57. The molecule has 1 saturated heterocycles. The maximum Gasteiger partial charge on any atom is 0.313 e. The third-order valence-corrected chi connectivity index (χ3v) is 5.64. The highest BCUT2D eigenvalue weighted by molar-refractivity contribution is 7.98. The standard InChI is InChI=1S/C21H24N4O3S/c1-29-18-4-2-3-17(13-18)24-20(27)19(26)23-14-15-7-11-25(12-8-15)21(28)16-5-9-22-10-6-16/h2-6,9-10,13,15H,7-8,11-12,14H2,1H3,(H,23,26)(H,24,27). The molecular weight excluding hydrogens is 388 g/mol. The van der Waals surface area contributed by atoms with E-state index in [1.165, 1.54) is 0 Å². The van der Waals surface area contributed by atoms with Crippen molar-refractivity contribution in [1.82, 2.24) is 15.2 Å². The normalized spacial score (nSPS) is 14.3. The van der Waals surface area contributed by atoms with Gasteiger partial charge < -0.3 is 15.5 Å². The van der Waals surface area contributed by atoms with Crippen LogP contribution >= 0.6 is 11.8 Å². The van der Waals surface area contributed by atoms with Gasteiger partial charge in [0.2, 0.25) is 0 Å². The van der Waals surface area contributed by atoms with Crippen LogP contribution < -0.4 is 10.6 Å². The average Bonchev–Trinajstić information content (AvgIpc) is 2.78. The van der Waals surface area contributed by atoms with E-state index in [4.69, 9.17) is 0 Å². The van der Waals surface area contributed by atoms with Crippen LogP contribution in [0.15, 0.2) is 53.7 Å². The lowest BCUT2D eigenvalue weighted by Gasteiger charge is -2.32. The Kier molecular flexibility index (Phi) is 7.24. The number of likely N-dealkylation sites (tertiary alicyclic amines) is 1. The first-order chi connectivity index (χ1) is 14.1. The Labute approximate surface area is 174 Å². The number of thioether (sulfide) groups is 1. The van der Waals surface area contributed by atoms with Crippen LogP contribution in [0, 0.1) is 5.92 Å². The minimum absolute atomic E-state index is 0.00161. The second-order valence-electron chi connectivity index (χ2n) is 6.87. The van der Waals surface area contributed by atoms with Crippen LogP contribution in [0.25, 0.3) is 0 Å². The number of amides is 3. The Balaban J connectivity index is 1.42. The fourth-order valence-electron chi connectivity index (χ4n) is 3.22. The van der Waals surface area contributed by atoms with Gasteiger partial charge in [0.15, 0.2) is 0 Å². The zero-order valence-corrected chi connectivity index (χ0v) is 17.1. The summed E-state index contributed by atoms with van der Waals surface area (Å²) in [6.07, 6.45) is 6.74. The van der Waals surface area contributed by atoms with Gasteiger partial charge in [-0.2, -0.15) is 0 Å². The van der Waals surface area contributed by atoms with Crippen LogP contribution in [-0.4, -0.2) is 53.5 Å². The molecule has 2 heterocycles. The third-order valence-electron chi connectivity index (χ3n) is 4.91. The van der Waals surface area contributed by atoms with E-state index < -0.39 is 11.8 Å². The van der Waals surface area contributed by atoms with Crippen molar-refractivity contribution in [3.05, 3.63) is 54.4 Å². The van der Waals surface area contributed by atoms with E-state index in [0.717, 1.165) is 17.7 Å². The molecule has 1 aromatic carbocycles. The number of aromatic nitrogens is 1. The number of carbonyl (C=O) groups is 3. The Morgan fingerprint density at radius 1 is 1.10 bits per heavy atom. The van der Waals surface area contributed by atoms with Gasteiger partial charge in [-0.15, -0.1) is 11.8 Å². The van der Waals surface area contributed by atoms with Crippen molar-refractivity contribution in [3.63, 3.8) is 0 Å². The molecule has 1 aliphatic heterocycles. The lowest BCUT2D eigenvalue weighted by atomic mass is 9.96. The quantitative estimate of drug-likeness (QED) is 0.581. The maximum atomic E-state index is 12.5. The van der Waals surface area contributed by atoms with Crippen molar-refractivity contribution in [3.8, 4) is 0 Å². The van der Waals surface area contributed by atoms with Gasteiger partial charge in [-0.1, -0.05) is 6.07 Å². The summed E-state index contributed by atoms with van der Waals surface area (Å²) in [5, 5.41) is 5.33. The summed E-state index contributed by atoms with van der Waals surface area (Å²) in [5.41, 5.74) is 1.23. The van der Waals surface area contributed by atoms with Crippen LogP contribution in [-0.2, 0) is 9.59 Å². The van der Waals surface area contributed by atoms with Crippen LogP contribution in [0.5, 0.6) is 0 Å². The van der Waals surface area contributed by atoms with Gasteiger partial charge >= 0.3 is 11.8 Å². The molecule has 0 saturated carbocycles. The number of nitrogens with zero attached hydrogens (tertiary/aromatic N) is 2. The zero-order chi connectivity index (χ0) is 20.6. The SMILES string of the molecule is CSc1cccc(NC(=O)C(=O)NCC2CCN(C(=O)c3ccncc3)CC2)c1. The van der Waals surface area contributed by atoms with Crippen molar-refractivity contribution in [2.45, 2.75) is 17.7 Å². The summed E-state index contributed by atoms with van der Waals surface area (Å²) in [7, 11) is 0. The molecule has 2 aromatic rings. The second kappa shape index (κ2) is 10.1. The fourth-order valence-corrected chi connectivity index (χ4v) is 3.68. The molecule has 0 unspecified atom stereocenters. The first kappa shape index (κ1) is 20.9. The molecule has 8 heteroatoms. The predicted molar refractivity (Wildman–Crippen MR) is 113 cm³/mol. The molecule has 0 bridgehead atoms. The molecule has 3 amide bonds. The molecule has 0 spiro atoms. The molecule has 2 N–H and O–H groups in total. The minimum Gasteiger partial charge on any atom is -0.348 e. The van der Waals surface area contributed by atoms with Gasteiger partial charge in [-0.05, 0) is 55.3 Å². The number of benzene rings is 1. The number of anilines is 1. The first-order valence-electron chi connectivity index (χ1n) is 9.49. The Morgan fingerprint density at radius 2 is 1.83 bits per heavy atom. The van der Waals surface area contributed by atoms with Crippen molar-refractivity contribution in [1.29, 1.82) is 0 Å². The Hall–Kier alpha value is -2.87. The molecule has 1 fully saturated rings. The van der Waals surface area contributed by atoms with Crippen LogP contribution in [0.2, 0.25) is 0 Å². The molecule has 7 nitrogen and oxygen atoms in total. The molecule has 152 valence electrons. The van der Waals surface area contributed by atoms with Crippen molar-refractivity contribution >= 4 is 35.2 Å². The summed E-state index contributed by atoms with van der Waals surface area (Å²) in [4.78, 5) is 43.4. The van der Waals surface area contributed by atoms with Crippen molar-refractivity contribution < 1.29 is 14.4 Å². The van der Waals surface area contributed by atoms with Gasteiger partial charge in [0, 0.05) is 48.2 Å². The molecule has 1 aliphatic rings. The average molecular weight is 413 g/mol. The van der Waals surface area contributed by atoms with E-state index >= 15 is 0 Å². The van der Waals surface area contributed by atoms with Crippen LogP contribution in [0.3, 0.4) is 0 Å². The molecule has 0 atom stereocenters. The molecule has 0 radical (unpaired) electrons. The van der Waals surface area contributed by atoms with E-state index in [-0.39, 0.29) is 11.8 Å². The Morgan fingerprint density at radius 3 is 2.52 bits per heavy atom. The highest BCUT2D eigenvalue weighted by Crippen LogP contribution is 2.20. The summed E-state index contributed by atoms with van der Waals surface area (Å²) in [5.74, 6) is -1.07. The molecule has 29 heavy (non-hydrogen) atoms. The lowest BCUT2D eigenvalue weighted by Crippen LogP contribution is -2.43. The van der Waals surface area contributed by atoms with E-state index in [2.05, 4.69) is 15.6 Å². The molecule has 1 aromatic heterocycles. The molecule has 0 aliphatic carbocycles. The number of hydrogen-bond donors (Lipinski definition) is 2. The first-order valence-corrected chi connectivity index (χ1v) is 10.7. The fraction of sp³-hybridized carbons (Fsp3) is 0.333. The predicted octanol–water partition coefficient (Wildman–Crippen LogP) is 2.41. The third kappa shape index (κ3) is 5.80. The van der Waals surface area contributed by atoms with Gasteiger partial charge in [0.1, 0.15) is 0 Å². The van der Waals surface area contributed by atoms with E-state index in [0.29, 0.717) is 30.9 Å². The largest absolute Gasteiger partial charge is 0.348 e. The smallest absolute Gasteiger partial charge is 0.313 e. The monoisotopic (exact) mass is 412 g/mol. The maximum absolute atomic E-state index is 12.5. The van der Waals surface area contributed by atoms with E-state index in [1.54, 1.807) is 42.4 Å². The number of rotatable bonds is 5. The number of hydrogen-bond acceptors (Lipinski definition) is 5. The zero-order valence-electron chi connectivity index (χ0n) is 16.3. The van der Waals surface area contributed by atoms with Gasteiger partial charge in [-0.25, -0.2) is 0 Å². The molecular formula is C21H24N4O3S. The highest BCUT2D eigenvalue weighted by Gasteiger charge is 2.24. The topological polar surface area (TPSA) is 91.4 Å². The van der Waals surface area contributed by atoms with Crippen LogP contribution in [0.4, 0.5) is 5.69 Å². The van der Waals surface area contributed by atoms with E-state index in [9.17, 15) is 14.4 Å². The van der Waals surface area contributed by atoms with Gasteiger partial charge in [0.05, 0.1) is 0 Å². The summed E-state index contributed by atoms with van der Waals surface area (Å²) in [6.45, 7) is 1.69. The van der Waals surface area contributed by atoms with Crippen LogP contribution in [0.1, 0.15) is 23.2 Å². The van der Waals surface area contributed by atoms with E-state index in [1.807, 2.05) is 29.4 Å². The second-order valence-corrected chi connectivity index (χ2v) is 7.75. The number of nitrogens with one attached hydrogen (secondary N) is 2. The number of piperidine rings is 1. The van der Waals surface area contributed by atoms with Gasteiger partial charge in [0.25, 0.3) is 5.91 Å². The van der Waals surface area contributed by atoms with Gasteiger partial charge in [-0.3, -0.25) is 19.4 Å². The lowest BCUT2D eigenvalue weighted by molar-refractivity contribution is -0.136. The minimum atomic E-state index is -0.673. The number of pyridine rings is 1. The van der Waals surface area contributed by atoms with Crippen molar-refractivity contribution in [2.24, 2.45) is 5.92 Å². The summed E-state index contributed by atoms with van der Waals surface area (Å²) < 4.78 is 0. The Bertz CT molecular complexity index is 867. The summed E-state index contributed by atoms with van der Waals surface area (Å²) in [6, 6.07) is 10.8. The number of carbonyl (C=O) groups excluding carboxylic acids is 3. The molecule has 3 rings (SSSR count). The van der Waals surface area contributed by atoms with Crippen molar-refractivity contribution in [2.75, 3.05) is 31.2 Å². The highest BCUT2D eigenvalue weighted by atomic mass is 32.2.